The first kappa shape index (κ1) is 23.0. The molecule has 1 atom stereocenters. The lowest BCUT2D eigenvalue weighted by molar-refractivity contribution is -0.117. The van der Waals surface area contributed by atoms with Crippen molar-refractivity contribution in [1.29, 1.82) is 0 Å². The normalized spacial score (nSPS) is 12.5. The summed E-state index contributed by atoms with van der Waals surface area (Å²) >= 11 is 6.19. The predicted octanol–water partition coefficient (Wildman–Crippen LogP) is 4.66. The van der Waals surface area contributed by atoms with Crippen LogP contribution in [0.2, 0.25) is 5.02 Å². The molecule has 0 heterocycles. The van der Waals surface area contributed by atoms with Crippen LogP contribution >= 0.6 is 11.6 Å². The number of carbonyl (C=O) groups excluding carboxylic acids is 1. The van der Waals surface area contributed by atoms with Gasteiger partial charge in [0.1, 0.15) is 11.8 Å². The fraction of sp³-hybridized carbons (Fsp3) is 0.381. The Morgan fingerprint density at radius 3 is 2.38 bits per heavy atom. The summed E-state index contributed by atoms with van der Waals surface area (Å²) in [6.45, 7) is 5.83. The maximum absolute atomic E-state index is 13.1. The van der Waals surface area contributed by atoms with E-state index in [-0.39, 0.29) is 17.4 Å². The highest BCUT2D eigenvalue weighted by Gasteiger charge is 2.32. The van der Waals surface area contributed by atoms with Crippen LogP contribution in [0.25, 0.3) is 0 Å². The molecule has 158 valence electrons. The molecule has 2 aromatic carbocycles. The largest absolute Gasteiger partial charge is 0.495 e. The van der Waals surface area contributed by atoms with E-state index in [0.29, 0.717) is 17.1 Å². The average molecular weight is 439 g/mol. The topological polar surface area (TPSA) is 75.7 Å². The second kappa shape index (κ2) is 9.50. The first-order valence-corrected chi connectivity index (χ1v) is 11.6. The van der Waals surface area contributed by atoms with Gasteiger partial charge in [0.25, 0.3) is 0 Å². The van der Waals surface area contributed by atoms with Gasteiger partial charge in [-0.2, -0.15) is 0 Å². The molecule has 2 rings (SSSR count). The quantitative estimate of drug-likeness (QED) is 0.650. The van der Waals surface area contributed by atoms with Crippen LogP contribution in [0.1, 0.15) is 38.7 Å². The van der Waals surface area contributed by atoms with Crippen LogP contribution in [0.4, 0.5) is 11.4 Å². The number of ether oxygens (including phenoxy) is 1. The number of amides is 1. The van der Waals surface area contributed by atoms with E-state index in [4.69, 9.17) is 16.3 Å². The summed E-state index contributed by atoms with van der Waals surface area (Å²) in [6, 6.07) is 11.2. The van der Waals surface area contributed by atoms with E-state index in [2.05, 4.69) is 5.32 Å². The molecule has 0 aliphatic carbocycles. The monoisotopic (exact) mass is 438 g/mol. The summed E-state index contributed by atoms with van der Waals surface area (Å²) in [5.41, 5.74) is 1.96. The molecule has 0 bridgehead atoms. The van der Waals surface area contributed by atoms with Gasteiger partial charge >= 0.3 is 0 Å². The lowest BCUT2D eigenvalue weighted by Gasteiger charge is -2.30. The SMILES string of the molecule is CC[C@@H](C(=O)Nc1ccccc1C(C)C)N(c1ccc(OC)c(Cl)c1)S(C)(=O)=O. The first-order valence-electron chi connectivity index (χ1n) is 9.32. The van der Waals surface area contributed by atoms with Gasteiger partial charge in [0, 0.05) is 5.69 Å². The van der Waals surface area contributed by atoms with Crippen LogP contribution in [-0.2, 0) is 14.8 Å². The maximum atomic E-state index is 13.1. The standard InChI is InChI=1S/C21H27ClN2O4S/c1-6-19(21(25)23-18-10-8-7-9-16(18)14(2)3)24(29(5,26)27)15-11-12-20(28-4)17(22)13-15/h7-14,19H,6H2,1-5H3,(H,23,25)/t19-/m0/s1. The number of methoxy groups -OCH3 is 1. The number of rotatable bonds is 8. The van der Waals surface area contributed by atoms with Crippen molar-refractivity contribution in [3.63, 3.8) is 0 Å². The lowest BCUT2D eigenvalue weighted by atomic mass is 10.0. The third-order valence-electron chi connectivity index (χ3n) is 4.56. The highest BCUT2D eigenvalue weighted by Crippen LogP contribution is 2.32. The summed E-state index contributed by atoms with van der Waals surface area (Å²) in [7, 11) is -2.28. The third kappa shape index (κ3) is 5.42. The Hall–Kier alpha value is -2.25. The van der Waals surface area contributed by atoms with Crippen LogP contribution in [0, 0.1) is 0 Å². The number of nitrogens with zero attached hydrogens (tertiary/aromatic N) is 1. The van der Waals surface area contributed by atoms with E-state index in [1.165, 1.54) is 13.2 Å². The molecule has 0 aromatic heterocycles. The van der Waals surface area contributed by atoms with E-state index in [1.807, 2.05) is 38.1 Å². The number of nitrogens with one attached hydrogen (secondary N) is 1. The number of sulfonamides is 1. The van der Waals surface area contributed by atoms with Crippen LogP contribution in [0.15, 0.2) is 42.5 Å². The smallest absolute Gasteiger partial charge is 0.248 e. The van der Waals surface area contributed by atoms with Crippen molar-refractivity contribution in [1.82, 2.24) is 0 Å². The van der Waals surface area contributed by atoms with Crippen LogP contribution in [0.3, 0.4) is 0 Å². The predicted molar refractivity (Wildman–Crippen MR) is 119 cm³/mol. The number of halogens is 1. The van der Waals surface area contributed by atoms with Gasteiger partial charge in [0.05, 0.1) is 24.1 Å². The number of hydrogen-bond acceptors (Lipinski definition) is 4. The molecule has 0 saturated heterocycles. The average Bonchev–Trinajstić information content (AvgIpc) is 2.65. The molecular formula is C21H27ClN2O4S. The minimum Gasteiger partial charge on any atom is -0.495 e. The van der Waals surface area contributed by atoms with Crippen molar-refractivity contribution in [3.05, 3.63) is 53.1 Å². The van der Waals surface area contributed by atoms with Crippen molar-refractivity contribution in [2.24, 2.45) is 0 Å². The second-order valence-corrected chi connectivity index (χ2v) is 9.30. The third-order valence-corrected chi connectivity index (χ3v) is 6.04. The summed E-state index contributed by atoms with van der Waals surface area (Å²) in [5, 5.41) is 3.16. The molecule has 6 nitrogen and oxygen atoms in total. The molecule has 0 aliphatic heterocycles. The van der Waals surface area contributed by atoms with Crippen molar-refractivity contribution in [2.45, 2.75) is 39.2 Å². The molecule has 0 saturated carbocycles. The molecule has 29 heavy (non-hydrogen) atoms. The Morgan fingerprint density at radius 1 is 1.21 bits per heavy atom. The van der Waals surface area contributed by atoms with Crippen LogP contribution in [-0.4, -0.2) is 33.7 Å². The molecule has 2 aromatic rings. The molecule has 0 radical (unpaired) electrons. The van der Waals surface area contributed by atoms with Crippen molar-refractivity contribution in [3.8, 4) is 5.75 Å². The van der Waals surface area contributed by atoms with Gasteiger partial charge in [-0.1, -0.05) is 50.6 Å². The minimum atomic E-state index is -3.76. The lowest BCUT2D eigenvalue weighted by Crippen LogP contribution is -2.47. The summed E-state index contributed by atoms with van der Waals surface area (Å²) in [5.74, 6) is 0.225. The zero-order chi connectivity index (χ0) is 21.8. The molecule has 0 aliphatic rings. The summed E-state index contributed by atoms with van der Waals surface area (Å²) in [6.07, 6.45) is 1.36. The van der Waals surface area contributed by atoms with Gasteiger partial charge in [-0.15, -0.1) is 0 Å². The fourth-order valence-corrected chi connectivity index (χ4v) is 4.64. The Labute approximate surface area is 177 Å². The van der Waals surface area contributed by atoms with Gasteiger partial charge in [0.15, 0.2) is 0 Å². The summed E-state index contributed by atoms with van der Waals surface area (Å²) in [4.78, 5) is 13.1. The second-order valence-electron chi connectivity index (χ2n) is 7.03. The van der Waals surface area contributed by atoms with Gasteiger partial charge in [-0.05, 0) is 42.2 Å². The van der Waals surface area contributed by atoms with E-state index in [0.717, 1.165) is 16.1 Å². The Balaban J connectivity index is 2.44. The van der Waals surface area contributed by atoms with E-state index in [1.54, 1.807) is 19.1 Å². The molecule has 0 fully saturated rings. The van der Waals surface area contributed by atoms with Crippen LogP contribution in [0.5, 0.6) is 5.75 Å². The Bertz CT molecular complexity index is 976. The first-order chi connectivity index (χ1) is 13.6. The fourth-order valence-electron chi connectivity index (χ4n) is 3.18. The number of benzene rings is 2. The Kier molecular flexibility index (Phi) is 7.54. The zero-order valence-electron chi connectivity index (χ0n) is 17.3. The highest BCUT2D eigenvalue weighted by molar-refractivity contribution is 7.92. The highest BCUT2D eigenvalue weighted by atomic mass is 35.5. The van der Waals surface area contributed by atoms with E-state index >= 15 is 0 Å². The number of hydrogen-bond donors (Lipinski definition) is 1. The Morgan fingerprint density at radius 2 is 1.86 bits per heavy atom. The number of carbonyl (C=O) groups is 1. The van der Waals surface area contributed by atoms with E-state index < -0.39 is 22.0 Å². The van der Waals surface area contributed by atoms with E-state index in [9.17, 15) is 13.2 Å². The molecule has 1 N–H and O–H groups in total. The molecule has 0 spiro atoms. The summed E-state index contributed by atoms with van der Waals surface area (Å²) < 4.78 is 31.4. The molecule has 1 amide bonds. The number of para-hydroxylation sites is 1. The van der Waals surface area contributed by atoms with Crippen molar-refractivity contribution < 1.29 is 17.9 Å². The van der Waals surface area contributed by atoms with Crippen molar-refractivity contribution >= 4 is 38.9 Å². The van der Waals surface area contributed by atoms with Gasteiger partial charge in [0.2, 0.25) is 15.9 Å². The molecule has 0 unspecified atom stereocenters. The number of anilines is 2. The van der Waals surface area contributed by atoms with Crippen LogP contribution < -0.4 is 14.4 Å². The minimum absolute atomic E-state index is 0.206. The maximum Gasteiger partial charge on any atom is 0.248 e. The van der Waals surface area contributed by atoms with Gasteiger partial charge < -0.3 is 10.1 Å². The molecular weight excluding hydrogens is 412 g/mol. The zero-order valence-corrected chi connectivity index (χ0v) is 18.8. The van der Waals surface area contributed by atoms with Gasteiger partial charge in [-0.3, -0.25) is 9.10 Å². The molecule has 8 heteroatoms. The van der Waals surface area contributed by atoms with Crippen molar-refractivity contribution in [2.75, 3.05) is 23.0 Å². The van der Waals surface area contributed by atoms with Gasteiger partial charge in [-0.25, -0.2) is 8.42 Å².